The molecule has 0 spiro atoms. The van der Waals surface area contributed by atoms with Crippen LogP contribution in [0.3, 0.4) is 0 Å². The summed E-state index contributed by atoms with van der Waals surface area (Å²) in [6.45, 7) is 2.59. The standard InChI is InChI=1S/C21H17F6N3O2/c1-12-28-29-18(32-12)15-4-7-17-14(10-15)8-9-30(17)11-13-2-5-16(6-3-13)19(31,20(22,23)24)21(25,26)27/h2-7,10,31H,8-9,11H2,1H3. The zero-order valence-corrected chi connectivity index (χ0v) is 16.6. The van der Waals surface area contributed by atoms with E-state index in [0.717, 1.165) is 28.9 Å². The van der Waals surface area contributed by atoms with Gasteiger partial charge in [-0.15, -0.1) is 10.2 Å². The maximum atomic E-state index is 13.0. The first-order valence-corrected chi connectivity index (χ1v) is 9.54. The topological polar surface area (TPSA) is 62.4 Å². The summed E-state index contributed by atoms with van der Waals surface area (Å²) in [5.41, 5.74) is -3.03. The molecule has 32 heavy (non-hydrogen) atoms. The Balaban J connectivity index is 1.54. The van der Waals surface area contributed by atoms with Crippen LogP contribution in [-0.2, 0) is 18.6 Å². The van der Waals surface area contributed by atoms with E-state index in [9.17, 15) is 31.4 Å². The van der Waals surface area contributed by atoms with Crippen molar-refractivity contribution >= 4 is 5.69 Å². The Kier molecular flexibility index (Phi) is 5.19. The second-order valence-corrected chi connectivity index (χ2v) is 7.54. The van der Waals surface area contributed by atoms with E-state index in [1.807, 2.05) is 17.0 Å². The van der Waals surface area contributed by atoms with Crippen LogP contribution in [0.15, 0.2) is 46.9 Å². The lowest BCUT2D eigenvalue weighted by atomic mass is 9.91. The Morgan fingerprint density at radius 1 is 0.969 bits per heavy atom. The molecule has 0 radical (unpaired) electrons. The minimum absolute atomic E-state index is 0.281. The lowest BCUT2D eigenvalue weighted by Gasteiger charge is -2.32. The van der Waals surface area contributed by atoms with E-state index < -0.39 is 23.5 Å². The van der Waals surface area contributed by atoms with Crippen molar-refractivity contribution in [1.82, 2.24) is 10.2 Å². The molecule has 0 atom stereocenters. The summed E-state index contributed by atoms with van der Waals surface area (Å²) in [7, 11) is 0. The van der Waals surface area contributed by atoms with Gasteiger partial charge in [-0.25, -0.2) is 0 Å². The van der Waals surface area contributed by atoms with Crippen LogP contribution in [0.4, 0.5) is 32.0 Å². The summed E-state index contributed by atoms with van der Waals surface area (Å²) in [6, 6.07) is 9.22. The van der Waals surface area contributed by atoms with Gasteiger partial charge in [0.2, 0.25) is 11.8 Å². The van der Waals surface area contributed by atoms with Crippen LogP contribution in [0.25, 0.3) is 11.5 Å². The number of halogens is 6. The van der Waals surface area contributed by atoms with E-state index >= 15 is 0 Å². The summed E-state index contributed by atoms with van der Waals surface area (Å²) < 4.78 is 83.7. The molecule has 0 amide bonds. The number of alkyl halides is 6. The molecule has 1 N–H and O–H groups in total. The van der Waals surface area contributed by atoms with Gasteiger partial charge in [0, 0.05) is 36.8 Å². The zero-order chi connectivity index (χ0) is 23.3. The average molecular weight is 457 g/mol. The summed E-state index contributed by atoms with van der Waals surface area (Å²) in [6.07, 6.45) is -11.1. The molecule has 5 nitrogen and oxygen atoms in total. The Labute approximate surface area is 178 Å². The fraction of sp³-hybridized carbons (Fsp3) is 0.333. The molecule has 11 heteroatoms. The van der Waals surface area contributed by atoms with Gasteiger partial charge in [-0.2, -0.15) is 26.3 Å². The van der Waals surface area contributed by atoms with Crippen molar-refractivity contribution < 1.29 is 35.9 Å². The van der Waals surface area contributed by atoms with Gasteiger partial charge in [-0.3, -0.25) is 0 Å². The molecule has 0 unspecified atom stereocenters. The number of rotatable bonds is 4. The first-order chi connectivity index (χ1) is 14.9. The van der Waals surface area contributed by atoms with Crippen molar-refractivity contribution in [3.05, 3.63) is 65.0 Å². The number of aliphatic hydroxyl groups is 1. The van der Waals surface area contributed by atoms with Crippen molar-refractivity contribution in [2.75, 3.05) is 11.4 Å². The molecule has 170 valence electrons. The normalized spacial score (nSPS) is 14.7. The Morgan fingerprint density at radius 2 is 1.62 bits per heavy atom. The molecule has 2 heterocycles. The first-order valence-electron chi connectivity index (χ1n) is 9.54. The average Bonchev–Trinajstić information content (AvgIpc) is 3.32. The van der Waals surface area contributed by atoms with Crippen molar-refractivity contribution in [3.63, 3.8) is 0 Å². The number of anilines is 1. The van der Waals surface area contributed by atoms with Crippen LogP contribution in [0.2, 0.25) is 0 Å². The Morgan fingerprint density at radius 3 is 2.19 bits per heavy atom. The second kappa shape index (κ2) is 7.51. The van der Waals surface area contributed by atoms with Gasteiger partial charge < -0.3 is 14.4 Å². The first kappa shape index (κ1) is 22.1. The monoisotopic (exact) mass is 457 g/mol. The highest BCUT2D eigenvalue weighted by Crippen LogP contribution is 2.50. The molecule has 0 aliphatic carbocycles. The number of nitrogens with zero attached hydrogens (tertiary/aromatic N) is 3. The van der Waals surface area contributed by atoms with E-state index in [2.05, 4.69) is 10.2 Å². The third-order valence-electron chi connectivity index (χ3n) is 5.41. The molecule has 2 aromatic carbocycles. The smallest absolute Gasteiger partial charge is 0.421 e. The van der Waals surface area contributed by atoms with E-state index in [0.29, 0.717) is 42.4 Å². The Hall–Kier alpha value is -3.08. The molecule has 1 aliphatic rings. The molecule has 0 saturated carbocycles. The molecule has 1 aromatic heterocycles. The van der Waals surface area contributed by atoms with Gasteiger partial charge in [0.15, 0.2) is 0 Å². The van der Waals surface area contributed by atoms with Crippen LogP contribution in [0.5, 0.6) is 0 Å². The predicted octanol–water partition coefficient (Wildman–Crippen LogP) is 4.92. The van der Waals surface area contributed by atoms with Crippen molar-refractivity contribution in [2.24, 2.45) is 0 Å². The van der Waals surface area contributed by atoms with Gasteiger partial charge in [0.1, 0.15) is 0 Å². The minimum atomic E-state index is -5.91. The largest absolute Gasteiger partial charge is 0.430 e. The summed E-state index contributed by atoms with van der Waals surface area (Å²) in [5, 5.41) is 17.3. The number of hydrogen-bond donors (Lipinski definition) is 1. The Bertz CT molecular complexity index is 1110. The summed E-state index contributed by atoms with van der Waals surface area (Å²) >= 11 is 0. The van der Waals surface area contributed by atoms with Crippen LogP contribution in [-0.4, -0.2) is 34.2 Å². The molecule has 1 aliphatic heterocycles. The molecule has 3 aromatic rings. The number of fused-ring (bicyclic) bond motifs is 1. The van der Waals surface area contributed by atoms with Gasteiger partial charge in [0.05, 0.1) is 0 Å². The summed E-state index contributed by atoms with van der Waals surface area (Å²) in [4.78, 5) is 1.97. The third-order valence-corrected chi connectivity index (χ3v) is 5.41. The minimum Gasteiger partial charge on any atom is -0.421 e. The van der Waals surface area contributed by atoms with Gasteiger partial charge in [0.25, 0.3) is 5.60 Å². The van der Waals surface area contributed by atoms with Gasteiger partial charge in [-0.1, -0.05) is 24.3 Å². The summed E-state index contributed by atoms with van der Waals surface area (Å²) in [5.74, 6) is 0.828. The van der Waals surface area contributed by atoms with E-state index in [1.54, 1.807) is 13.0 Å². The van der Waals surface area contributed by atoms with Crippen molar-refractivity contribution in [2.45, 2.75) is 37.8 Å². The molecular formula is C21H17F6N3O2. The molecule has 4 rings (SSSR count). The number of hydrogen-bond acceptors (Lipinski definition) is 5. The highest BCUT2D eigenvalue weighted by atomic mass is 19.4. The van der Waals surface area contributed by atoms with Gasteiger partial charge in [-0.05, 0) is 35.7 Å². The van der Waals surface area contributed by atoms with E-state index in [4.69, 9.17) is 4.42 Å². The number of benzene rings is 2. The highest BCUT2D eigenvalue weighted by molar-refractivity contribution is 5.66. The van der Waals surface area contributed by atoms with Gasteiger partial charge >= 0.3 is 12.4 Å². The molecule has 0 bridgehead atoms. The fourth-order valence-corrected chi connectivity index (χ4v) is 3.74. The number of aromatic nitrogens is 2. The third kappa shape index (κ3) is 3.70. The molecule has 0 fully saturated rings. The maximum Gasteiger partial charge on any atom is 0.430 e. The maximum absolute atomic E-state index is 13.0. The fourth-order valence-electron chi connectivity index (χ4n) is 3.74. The lowest BCUT2D eigenvalue weighted by Crippen LogP contribution is -2.53. The molecule has 0 saturated heterocycles. The van der Waals surface area contributed by atoms with Crippen molar-refractivity contribution in [1.29, 1.82) is 0 Å². The predicted molar refractivity (Wildman–Crippen MR) is 102 cm³/mol. The van der Waals surface area contributed by atoms with Crippen LogP contribution >= 0.6 is 0 Å². The van der Waals surface area contributed by atoms with Crippen LogP contribution in [0, 0.1) is 6.92 Å². The quantitative estimate of drug-likeness (QED) is 0.564. The number of aryl methyl sites for hydroxylation is 1. The highest BCUT2D eigenvalue weighted by Gasteiger charge is 2.71. The van der Waals surface area contributed by atoms with Crippen LogP contribution < -0.4 is 4.90 Å². The van der Waals surface area contributed by atoms with Crippen LogP contribution in [0.1, 0.15) is 22.6 Å². The zero-order valence-electron chi connectivity index (χ0n) is 16.6. The molecular weight excluding hydrogens is 440 g/mol. The van der Waals surface area contributed by atoms with E-state index in [1.165, 1.54) is 0 Å². The lowest BCUT2D eigenvalue weighted by molar-refractivity contribution is -0.376. The van der Waals surface area contributed by atoms with E-state index in [-0.39, 0.29) is 6.54 Å². The SMILES string of the molecule is Cc1nnc(-c2ccc3c(c2)CCN3Cc2ccc(C(O)(C(F)(F)F)C(F)(F)F)cc2)o1. The second-order valence-electron chi connectivity index (χ2n) is 7.54. The van der Waals surface area contributed by atoms with Crippen molar-refractivity contribution in [3.8, 4) is 11.5 Å².